The van der Waals surface area contributed by atoms with Crippen molar-refractivity contribution in [2.45, 2.75) is 49.4 Å². The molecule has 0 aromatic heterocycles. The molecule has 4 bridgehead atoms. The summed E-state index contributed by atoms with van der Waals surface area (Å²) in [7, 11) is 3.70. The van der Waals surface area contributed by atoms with E-state index in [1.165, 1.54) is 59.4 Å². The van der Waals surface area contributed by atoms with E-state index in [4.69, 9.17) is 9.47 Å². The highest BCUT2D eigenvalue weighted by atomic mass is 16.5. The lowest BCUT2D eigenvalue weighted by Gasteiger charge is -2.42. The van der Waals surface area contributed by atoms with Crippen LogP contribution < -0.4 is 9.47 Å². The first kappa shape index (κ1) is 12.8. The third-order valence-electron chi connectivity index (χ3n) is 6.18. The van der Waals surface area contributed by atoms with Gasteiger partial charge in [-0.05, 0) is 25.7 Å². The third kappa shape index (κ3) is 1.41. The quantitative estimate of drug-likeness (QED) is 0.732. The molecule has 6 aliphatic rings. The topological polar surface area (TPSA) is 18.5 Å². The van der Waals surface area contributed by atoms with Crippen LogP contribution in [0.15, 0.2) is 24.3 Å². The number of benzene rings is 1. The highest BCUT2D eigenvalue weighted by Crippen LogP contribution is 2.60. The molecule has 7 rings (SSSR count). The molecular formula is C20H22O2. The van der Waals surface area contributed by atoms with Crippen molar-refractivity contribution < 1.29 is 9.47 Å². The second-order valence-corrected chi connectivity index (χ2v) is 7.07. The largest absolute Gasteiger partial charge is 0.496 e. The summed E-state index contributed by atoms with van der Waals surface area (Å²) in [6.07, 6.45) is 14.5. The molecule has 0 radical (unpaired) electrons. The van der Waals surface area contributed by atoms with Gasteiger partial charge in [-0.15, -0.1) is 0 Å². The molecule has 4 atom stereocenters. The van der Waals surface area contributed by atoms with Gasteiger partial charge in [-0.1, -0.05) is 24.3 Å². The van der Waals surface area contributed by atoms with Crippen molar-refractivity contribution in [3.8, 4) is 11.5 Å². The summed E-state index contributed by atoms with van der Waals surface area (Å²) in [4.78, 5) is 0. The molecule has 2 nitrogen and oxygen atoms in total. The van der Waals surface area contributed by atoms with Crippen molar-refractivity contribution in [3.63, 3.8) is 0 Å². The summed E-state index contributed by atoms with van der Waals surface area (Å²) in [5.41, 5.74) is 5.71. The van der Waals surface area contributed by atoms with Gasteiger partial charge in [0.25, 0.3) is 0 Å². The zero-order chi connectivity index (χ0) is 14.8. The van der Waals surface area contributed by atoms with E-state index in [1.54, 1.807) is 0 Å². The lowest BCUT2D eigenvalue weighted by Crippen LogP contribution is -2.26. The highest BCUT2D eigenvalue weighted by Gasteiger charge is 2.42. The Morgan fingerprint density at radius 1 is 0.591 bits per heavy atom. The van der Waals surface area contributed by atoms with Gasteiger partial charge in [0, 0.05) is 45.9 Å². The summed E-state index contributed by atoms with van der Waals surface area (Å²) >= 11 is 0. The lowest BCUT2D eigenvalue weighted by molar-refractivity contribution is 0.358. The third-order valence-corrected chi connectivity index (χ3v) is 6.18. The summed E-state index contributed by atoms with van der Waals surface area (Å²) in [5, 5.41) is 0. The zero-order valence-electron chi connectivity index (χ0n) is 13.3. The molecule has 0 N–H and O–H groups in total. The summed E-state index contributed by atoms with van der Waals surface area (Å²) in [5.74, 6) is 4.39. The number of hydrogen-bond acceptors (Lipinski definition) is 2. The second kappa shape index (κ2) is 4.41. The fourth-order valence-corrected chi connectivity index (χ4v) is 5.29. The van der Waals surface area contributed by atoms with Gasteiger partial charge in [0.2, 0.25) is 0 Å². The van der Waals surface area contributed by atoms with Crippen molar-refractivity contribution in [3.05, 3.63) is 46.6 Å². The zero-order valence-corrected chi connectivity index (χ0v) is 13.3. The molecule has 22 heavy (non-hydrogen) atoms. The number of ether oxygens (including phenoxy) is 2. The van der Waals surface area contributed by atoms with Crippen molar-refractivity contribution >= 4 is 0 Å². The van der Waals surface area contributed by atoms with Gasteiger partial charge in [-0.3, -0.25) is 0 Å². The van der Waals surface area contributed by atoms with Gasteiger partial charge in [-0.25, -0.2) is 0 Å². The maximum atomic E-state index is 5.99. The van der Waals surface area contributed by atoms with E-state index in [0.717, 1.165) is 0 Å². The SMILES string of the molecule is COc1c2c(c(OC)c3c1[C@H]1C=C[C@@H]3CC1)[C@H]1C=C[C@@H]2CC1. The fraction of sp³-hybridized carbons (Fsp3) is 0.500. The van der Waals surface area contributed by atoms with E-state index in [-0.39, 0.29) is 0 Å². The molecule has 0 amide bonds. The van der Waals surface area contributed by atoms with Crippen LogP contribution in [0.1, 0.15) is 71.6 Å². The van der Waals surface area contributed by atoms with E-state index in [2.05, 4.69) is 24.3 Å². The molecule has 1 aromatic carbocycles. The van der Waals surface area contributed by atoms with Crippen molar-refractivity contribution in [1.29, 1.82) is 0 Å². The second-order valence-electron chi connectivity index (χ2n) is 7.07. The molecule has 2 heteroatoms. The molecule has 0 heterocycles. The average Bonchev–Trinajstić information content (AvgIpc) is 2.61. The number of allylic oxidation sites excluding steroid dienone is 4. The maximum absolute atomic E-state index is 5.99. The Morgan fingerprint density at radius 3 is 1.05 bits per heavy atom. The van der Waals surface area contributed by atoms with Crippen LogP contribution >= 0.6 is 0 Å². The Bertz CT molecular complexity index is 599. The Balaban J connectivity index is 1.89. The first-order valence-electron chi connectivity index (χ1n) is 8.51. The minimum absolute atomic E-state index is 0.513. The van der Waals surface area contributed by atoms with Gasteiger partial charge in [0.1, 0.15) is 11.5 Å². The predicted molar refractivity (Wildman–Crippen MR) is 87.3 cm³/mol. The molecule has 6 aliphatic carbocycles. The molecule has 0 aliphatic heterocycles. The van der Waals surface area contributed by atoms with Crippen molar-refractivity contribution in [1.82, 2.24) is 0 Å². The molecular weight excluding hydrogens is 272 g/mol. The van der Waals surface area contributed by atoms with Crippen LogP contribution in [-0.4, -0.2) is 14.2 Å². The molecule has 0 saturated carbocycles. The Labute approximate surface area is 131 Å². The number of methoxy groups -OCH3 is 2. The van der Waals surface area contributed by atoms with Crippen LogP contribution in [0.2, 0.25) is 0 Å². The van der Waals surface area contributed by atoms with Crippen molar-refractivity contribution in [2.24, 2.45) is 0 Å². The Hall–Kier alpha value is -1.70. The normalized spacial score (nSPS) is 32.8. The summed E-state index contributed by atoms with van der Waals surface area (Å²) < 4.78 is 12.0. The molecule has 1 aromatic rings. The first-order chi connectivity index (χ1) is 10.8. The minimum Gasteiger partial charge on any atom is -0.496 e. The first-order valence-corrected chi connectivity index (χ1v) is 8.51. The van der Waals surface area contributed by atoms with Gasteiger partial charge in [0.05, 0.1) is 14.2 Å². The van der Waals surface area contributed by atoms with Gasteiger partial charge >= 0.3 is 0 Å². The van der Waals surface area contributed by atoms with E-state index in [1.807, 2.05) is 14.2 Å². The average molecular weight is 294 g/mol. The molecule has 114 valence electrons. The number of rotatable bonds is 2. The smallest absolute Gasteiger partial charge is 0.127 e. The lowest BCUT2D eigenvalue weighted by atomic mass is 9.64. The van der Waals surface area contributed by atoms with E-state index in [0.29, 0.717) is 23.7 Å². The van der Waals surface area contributed by atoms with Crippen LogP contribution in [0, 0.1) is 0 Å². The molecule has 0 saturated heterocycles. The number of hydrogen-bond donors (Lipinski definition) is 0. The van der Waals surface area contributed by atoms with Gasteiger partial charge in [-0.2, -0.15) is 0 Å². The van der Waals surface area contributed by atoms with E-state index >= 15 is 0 Å². The van der Waals surface area contributed by atoms with Crippen LogP contribution in [0.5, 0.6) is 11.5 Å². The Morgan fingerprint density at radius 2 is 0.864 bits per heavy atom. The van der Waals surface area contributed by atoms with Gasteiger partial charge < -0.3 is 9.47 Å². The summed E-state index contributed by atoms with van der Waals surface area (Å²) in [6, 6.07) is 0. The monoisotopic (exact) mass is 294 g/mol. The van der Waals surface area contributed by atoms with Crippen LogP contribution in [0.25, 0.3) is 0 Å². The predicted octanol–water partition coefficient (Wildman–Crippen LogP) is 4.77. The standard InChI is InChI=1S/C20H22O2/c1-21-19-15-11-3-7-13(8-4-11)17(15)20(22-2)18-14-9-5-12(6-10-14)16(18)19/h3,5,7,9,11-14H,4,6,8,10H2,1-2H3/t11-,12+,13+,14-. The minimum atomic E-state index is 0.513. The molecule has 0 unspecified atom stereocenters. The molecule has 0 fully saturated rings. The van der Waals surface area contributed by atoms with E-state index in [9.17, 15) is 0 Å². The Kier molecular flexibility index (Phi) is 2.56. The van der Waals surface area contributed by atoms with Crippen LogP contribution in [-0.2, 0) is 0 Å². The van der Waals surface area contributed by atoms with E-state index < -0.39 is 0 Å². The highest BCUT2D eigenvalue weighted by molar-refractivity contribution is 5.69. The maximum Gasteiger partial charge on any atom is 0.127 e. The number of fused-ring (bicyclic) bond motifs is 2. The van der Waals surface area contributed by atoms with Gasteiger partial charge in [0.15, 0.2) is 0 Å². The summed E-state index contributed by atoms with van der Waals surface area (Å²) in [6.45, 7) is 0. The van der Waals surface area contributed by atoms with Crippen molar-refractivity contribution in [2.75, 3.05) is 14.2 Å². The fourth-order valence-electron chi connectivity index (χ4n) is 5.29. The molecule has 0 spiro atoms. The van der Waals surface area contributed by atoms with Crippen LogP contribution in [0.4, 0.5) is 0 Å². The van der Waals surface area contributed by atoms with Crippen LogP contribution in [0.3, 0.4) is 0 Å².